The molecule has 63 valence electrons. The summed E-state index contributed by atoms with van der Waals surface area (Å²) in [6, 6.07) is 0. The van der Waals surface area contributed by atoms with Crippen LogP contribution in [0.25, 0.3) is 0 Å². The molecule has 2 N–H and O–H groups in total. The van der Waals surface area contributed by atoms with Gasteiger partial charge in [0, 0.05) is 29.6 Å². The molecule has 0 aliphatic carbocycles. The van der Waals surface area contributed by atoms with E-state index in [0.717, 1.165) is 6.42 Å². The summed E-state index contributed by atoms with van der Waals surface area (Å²) in [7, 11) is -4.22. The van der Waals surface area contributed by atoms with Crippen LogP contribution < -0.4 is 0 Å². The van der Waals surface area contributed by atoms with Crippen molar-refractivity contribution >= 4 is 39.7 Å². The molecule has 11 heavy (non-hydrogen) atoms. The molecular weight excluding hydrogens is 179 g/mol. The van der Waals surface area contributed by atoms with E-state index in [1.54, 1.807) is 0 Å². The molecule has 1 atom stereocenters. The normalized spacial score (nSPS) is 13.7. The molecule has 0 fully saturated rings. The summed E-state index contributed by atoms with van der Waals surface area (Å²) < 4.78 is 28.5. The van der Waals surface area contributed by atoms with Crippen molar-refractivity contribution in [3.63, 3.8) is 0 Å². The molecule has 0 heterocycles. The summed E-state index contributed by atoms with van der Waals surface area (Å²) in [5.74, 6) is 0. The first-order chi connectivity index (χ1) is 4.48. The van der Waals surface area contributed by atoms with Gasteiger partial charge in [-0.25, -0.2) is 0 Å². The van der Waals surface area contributed by atoms with Crippen molar-refractivity contribution in [2.24, 2.45) is 0 Å². The molecule has 0 saturated heterocycles. The monoisotopic (exact) mass is 191 g/mol. The molecule has 0 aromatic heterocycles. The van der Waals surface area contributed by atoms with E-state index < -0.39 is 15.6 Å². The van der Waals surface area contributed by atoms with Gasteiger partial charge in [0.15, 0.2) is 5.44 Å². The number of hydrogen-bond acceptors (Lipinski definition) is 3. The molecule has 0 amide bonds. The fraction of sp³-hybridized carbons (Fsp3) is 1.00. The van der Waals surface area contributed by atoms with Crippen molar-refractivity contribution in [3.05, 3.63) is 0 Å². The molecule has 1 unspecified atom stereocenters. The van der Waals surface area contributed by atoms with E-state index in [2.05, 4.69) is 0 Å². The summed E-state index contributed by atoms with van der Waals surface area (Å²) in [6.07, 6.45) is 1.50. The number of unbranched alkanes of at least 4 members (excludes halogenated alkanes) is 1. The Kier molecular flexibility index (Phi) is 8.37. The van der Waals surface area contributed by atoms with E-state index >= 15 is 0 Å². The van der Waals surface area contributed by atoms with Crippen LogP contribution in [0.4, 0.5) is 0 Å². The van der Waals surface area contributed by atoms with Crippen LogP contribution in [0.15, 0.2) is 0 Å². The number of aliphatic hydroxyl groups excluding tert-OH is 1. The number of hydrogen-bond donors (Lipinski definition) is 2. The van der Waals surface area contributed by atoms with Crippen molar-refractivity contribution < 1.29 is 18.1 Å². The molecule has 0 aliphatic heterocycles. The Hall–Kier alpha value is 0.870. The van der Waals surface area contributed by atoms with Crippen LogP contribution >= 0.6 is 0 Å². The van der Waals surface area contributed by atoms with Gasteiger partial charge in [0.2, 0.25) is 0 Å². The smallest absolute Gasteiger partial charge is 0.291 e. The van der Waals surface area contributed by atoms with Crippen LogP contribution in [0.2, 0.25) is 0 Å². The molecule has 0 saturated carbocycles. The molecule has 1 radical (unpaired) electrons. The van der Waals surface area contributed by atoms with Crippen LogP contribution in [0.5, 0.6) is 0 Å². The molecular formula is C5H12NaO4S. The zero-order valence-electron chi connectivity index (χ0n) is 6.82. The van der Waals surface area contributed by atoms with Gasteiger partial charge >= 0.3 is 0 Å². The minimum Gasteiger partial charge on any atom is -0.375 e. The van der Waals surface area contributed by atoms with E-state index in [9.17, 15) is 8.42 Å². The second kappa shape index (κ2) is 6.39. The Bertz CT molecular complexity index is 177. The maximum absolute atomic E-state index is 10.1. The molecule has 0 aliphatic rings. The SMILES string of the molecule is CCCCC(O)S(=O)(=O)O.[Na]. The number of aliphatic hydroxyl groups is 1. The minimum absolute atomic E-state index is 0. The van der Waals surface area contributed by atoms with Gasteiger partial charge in [0.05, 0.1) is 0 Å². The molecule has 0 bridgehead atoms. The van der Waals surface area contributed by atoms with Gasteiger partial charge in [-0.3, -0.25) is 4.55 Å². The van der Waals surface area contributed by atoms with Crippen LogP contribution in [-0.4, -0.2) is 53.1 Å². The van der Waals surface area contributed by atoms with Crippen LogP contribution in [0.3, 0.4) is 0 Å². The van der Waals surface area contributed by atoms with E-state index in [0.29, 0.717) is 6.42 Å². The average Bonchev–Trinajstić information content (AvgIpc) is 1.80. The van der Waals surface area contributed by atoms with Crippen molar-refractivity contribution in [3.8, 4) is 0 Å². The Labute approximate surface area is 89.0 Å². The molecule has 0 spiro atoms. The predicted molar refractivity (Wildman–Crippen MR) is 42.8 cm³/mol. The van der Waals surface area contributed by atoms with Gasteiger partial charge in [-0.2, -0.15) is 8.42 Å². The fourth-order valence-electron chi connectivity index (χ4n) is 0.528. The van der Waals surface area contributed by atoms with Crippen LogP contribution in [0, 0.1) is 0 Å². The van der Waals surface area contributed by atoms with Crippen molar-refractivity contribution in [2.75, 3.05) is 0 Å². The third-order valence-electron chi connectivity index (χ3n) is 1.15. The minimum atomic E-state index is -4.22. The van der Waals surface area contributed by atoms with Gasteiger partial charge in [-0.1, -0.05) is 13.3 Å². The second-order valence-corrected chi connectivity index (χ2v) is 3.69. The topological polar surface area (TPSA) is 74.6 Å². The molecule has 4 nitrogen and oxygen atoms in total. The Morgan fingerprint density at radius 1 is 1.45 bits per heavy atom. The molecule has 0 rings (SSSR count). The van der Waals surface area contributed by atoms with Gasteiger partial charge < -0.3 is 5.11 Å². The Morgan fingerprint density at radius 3 is 2.18 bits per heavy atom. The van der Waals surface area contributed by atoms with E-state index in [-0.39, 0.29) is 36.0 Å². The average molecular weight is 191 g/mol. The van der Waals surface area contributed by atoms with Crippen molar-refractivity contribution in [2.45, 2.75) is 31.6 Å². The largest absolute Gasteiger partial charge is 0.375 e. The summed E-state index contributed by atoms with van der Waals surface area (Å²) in [4.78, 5) is 0. The predicted octanol–water partition coefficient (Wildman–Crippen LogP) is 0.00200. The third-order valence-corrected chi connectivity index (χ3v) is 2.07. The molecule has 0 aromatic rings. The van der Waals surface area contributed by atoms with Gasteiger partial charge in [0.1, 0.15) is 0 Å². The summed E-state index contributed by atoms with van der Waals surface area (Å²) in [5, 5.41) is 8.68. The van der Waals surface area contributed by atoms with E-state index in [4.69, 9.17) is 9.66 Å². The van der Waals surface area contributed by atoms with Crippen LogP contribution in [0.1, 0.15) is 26.2 Å². The number of rotatable bonds is 4. The summed E-state index contributed by atoms with van der Waals surface area (Å²) >= 11 is 0. The van der Waals surface area contributed by atoms with Gasteiger partial charge in [-0.05, 0) is 12.8 Å². The fourth-order valence-corrected chi connectivity index (χ4v) is 0.992. The quantitative estimate of drug-likeness (QED) is 0.484. The van der Waals surface area contributed by atoms with Crippen molar-refractivity contribution in [1.29, 1.82) is 0 Å². The second-order valence-electron chi connectivity index (χ2n) is 2.11. The first-order valence-corrected chi connectivity index (χ1v) is 4.63. The van der Waals surface area contributed by atoms with Crippen LogP contribution in [-0.2, 0) is 10.1 Å². The van der Waals surface area contributed by atoms with Gasteiger partial charge in [-0.15, -0.1) is 0 Å². The Morgan fingerprint density at radius 2 is 1.91 bits per heavy atom. The molecule has 0 aromatic carbocycles. The summed E-state index contributed by atoms with van der Waals surface area (Å²) in [5.41, 5.74) is -1.60. The summed E-state index contributed by atoms with van der Waals surface area (Å²) in [6.45, 7) is 1.87. The first kappa shape index (κ1) is 14.4. The van der Waals surface area contributed by atoms with E-state index in [1.807, 2.05) is 6.92 Å². The van der Waals surface area contributed by atoms with E-state index in [1.165, 1.54) is 0 Å². The van der Waals surface area contributed by atoms with Crippen molar-refractivity contribution in [1.82, 2.24) is 0 Å². The maximum atomic E-state index is 10.1. The zero-order valence-corrected chi connectivity index (χ0v) is 9.63. The zero-order chi connectivity index (χ0) is 8.20. The Balaban J connectivity index is 0. The van der Waals surface area contributed by atoms with Gasteiger partial charge in [0.25, 0.3) is 10.1 Å². The standard InChI is InChI=1S/C5H12O4S.Na/c1-2-3-4-5(6)10(7,8)9;/h5-6H,2-4H2,1H3,(H,7,8,9);. The third kappa shape index (κ3) is 7.24. The molecule has 6 heteroatoms. The first-order valence-electron chi connectivity index (χ1n) is 3.13. The maximum Gasteiger partial charge on any atom is 0.291 e.